The molecule has 0 saturated carbocycles. The molecule has 0 amide bonds. The number of hydrogen-bond acceptors (Lipinski definition) is 4. The van der Waals surface area contributed by atoms with E-state index in [0.29, 0.717) is 18.5 Å². The van der Waals surface area contributed by atoms with Crippen molar-refractivity contribution in [3.63, 3.8) is 0 Å². The number of anilines is 1. The standard InChI is InChI=1S/C16H18F2N2O2/c17-11-8-13-15(3-4-19-16(13)14(18)9-11)20-5-1-2-12(10-20)22-7-6-21/h3-4,8-9,12,21H,1-2,5-7,10H2. The second kappa shape index (κ2) is 6.54. The summed E-state index contributed by atoms with van der Waals surface area (Å²) in [5.74, 6) is -1.26. The van der Waals surface area contributed by atoms with E-state index >= 15 is 0 Å². The number of aliphatic hydroxyl groups excluding tert-OH is 1. The molecule has 1 aliphatic rings. The number of pyridine rings is 1. The maximum atomic E-state index is 13.9. The van der Waals surface area contributed by atoms with E-state index in [1.165, 1.54) is 12.3 Å². The van der Waals surface area contributed by atoms with Gasteiger partial charge in [-0.3, -0.25) is 4.98 Å². The molecule has 1 saturated heterocycles. The van der Waals surface area contributed by atoms with Crippen LogP contribution in [0.25, 0.3) is 10.9 Å². The molecule has 1 unspecified atom stereocenters. The zero-order chi connectivity index (χ0) is 15.5. The van der Waals surface area contributed by atoms with Gasteiger partial charge in [0.2, 0.25) is 0 Å². The number of halogens is 2. The van der Waals surface area contributed by atoms with Crippen molar-refractivity contribution in [3.05, 3.63) is 36.0 Å². The van der Waals surface area contributed by atoms with Gasteiger partial charge in [-0.15, -0.1) is 0 Å². The predicted octanol–water partition coefficient (Wildman–Crippen LogP) is 2.49. The monoisotopic (exact) mass is 308 g/mol. The number of ether oxygens (including phenoxy) is 1. The van der Waals surface area contributed by atoms with Gasteiger partial charge in [0.15, 0.2) is 5.82 Å². The molecule has 1 aromatic carbocycles. The SMILES string of the molecule is OCCOC1CCCN(c2ccnc3c(F)cc(F)cc23)C1. The van der Waals surface area contributed by atoms with Crippen molar-refractivity contribution in [2.75, 3.05) is 31.2 Å². The molecule has 4 nitrogen and oxygen atoms in total. The molecule has 2 aromatic rings. The average Bonchev–Trinajstić information content (AvgIpc) is 2.52. The summed E-state index contributed by atoms with van der Waals surface area (Å²) >= 11 is 0. The molecule has 0 aliphatic carbocycles. The Kier molecular flexibility index (Phi) is 4.49. The van der Waals surface area contributed by atoms with E-state index in [0.717, 1.165) is 31.1 Å². The molecule has 3 rings (SSSR count). The number of benzene rings is 1. The quantitative estimate of drug-likeness (QED) is 0.942. The molecule has 1 aliphatic heterocycles. The highest BCUT2D eigenvalue weighted by atomic mass is 19.1. The number of fused-ring (bicyclic) bond motifs is 1. The van der Waals surface area contributed by atoms with Crippen LogP contribution in [0.3, 0.4) is 0 Å². The summed E-state index contributed by atoms with van der Waals surface area (Å²) in [5, 5.41) is 9.33. The maximum absolute atomic E-state index is 13.9. The van der Waals surface area contributed by atoms with Gasteiger partial charge in [0.1, 0.15) is 11.3 Å². The van der Waals surface area contributed by atoms with Crippen LogP contribution >= 0.6 is 0 Å². The maximum Gasteiger partial charge on any atom is 0.152 e. The second-order valence-electron chi connectivity index (χ2n) is 5.42. The van der Waals surface area contributed by atoms with Crippen molar-refractivity contribution < 1.29 is 18.6 Å². The number of piperidine rings is 1. The molecular formula is C16H18F2N2O2. The van der Waals surface area contributed by atoms with E-state index in [4.69, 9.17) is 9.84 Å². The van der Waals surface area contributed by atoms with Gasteiger partial charge in [-0.2, -0.15) is 0 Å². The fraction of sp³-hybridized carbons (Fsp3) is 0.438. The van der Waals surface area contributed by atoms with E-state index in [1.54, 1.807) is 6.07 Å². The Morgan fingerprint density at radius 1 is 1.36 bits per heavy atom. The Labute approximate surface area is 127 Å². The van der Waals surface area contributed by atoms with Gasteiger partial charge in [0, 0.05) is 36.4 Å². The molecule has 0 bridgehead atoms. The van der Waals surface area contributed by atoms with Crippen LogP contribution in [-0.2, 0) is 4.74 Å². The topological polar surface area (TPSA) is 45.6 Å². The minimum atomic E-state index is -0.651. The fourth-order valence-corrected chi connectivity index (χ4v) is 2.95. The van der Waals surface area contributed by atoms with Crippen LogP contribution < -0.4 is 4.90 Å². The Morgan fingerprint density at radius 3 is 3.05 bits per heavy atom. The minimum absolute atomic E-state index is 0.00882. The lowest BCUT2D eigenvalue weighted by Gasteiger charge is -2.34. The van der Waals surface area contributed by atoms with Gasteiger partial charge < -0.3 is 14.7 Å². The first-order valence-electron chi connectivity index (χ1n) is 7.40. The summed E-state index contributed by atoms with van der Waals surface area (Å²) in [4.78, 5) is 6.08. The number of aromatic nitrogens is 1. The van der Waals surface area contributed by atoms with E-state index < -0.39 is 11.6 Å². The molecule has 1 atom stereocenters. The summed E-state index contributed by atoms with van der Waals surface area (Å²) in [6.45, 7) is 1.73. The zero-order valence-electron chi connectivity index (χ0n) is 12.1. The van der Waals surface area contributed by atoms with Crippen molar-refractivity contribution in [1.82, 2.24) is 4.98 Å². The molecule has 1 aromatic heterocycles. The average molecular weight is 308 g/mol. The highest BCUT2D eigenvalue weighted by Crippen LogP contribution is 2.30. The Hall–Kier alpha value is -1.79. The van der Waals surface area contributed by atoms with Crippen molar-refractivity contribution in [2.45, 2.75) is 18.9 Å². The van der Waals surface area contributed by atoms with Gasteiger partial charge in [0.05, 0.1) is 19.3 Å². The Bertz CT molecular complexity index is 666. The third-order valence-electron chi connectivity index (χ3n) is 3.90. The molecular weight excluding hydrogens is 290 g/mol. The molecule has 22 heavy (non-hydrogen) atoms. The normalized spacial score (nSPS) is 18.9. The summed E-state index contributed by atoms with van der Waals surface area (Å²) in [7, 11) is 0. The van der Waals surface area contributed by atoms with Gasteiger partial charge >= 0.3 is 0 Å². The Morgan fingerprint density at radius 2 is 2.23 bits per heavy atom. The minimum Gasteiger partial charge on any atom is -0.394 e. The first kappa shape index (κ1) is 15.1. The molecule has 2 heterocycles. The van der Waals surface area contributed by atoms with Crippen LogP contribution in [0.1, 0.15) is 12.8 Å². The van der Waals surface area contributed by atoms with Crippen molar-refractivity contribution in [2.24, 2.45) is 0 Å². The van der Waals surface area contributed by atoms with Crippen molar-refractivity contribution >= 4 is 16.6 Å². The van der Waals surface area contributed by atoms with Crippen LogP contribution in [0.5, 0.6) is 0 Å². The third kappa shape index (κ3) is 3.03. The van der Waals surface area contributed by atoms with Crippen LogP contribution in [0.4, 0.5) is 14.5 Å². The number of hydrogen-bond donors (Lipinski definition) is 1. The first-order valence-corrected chi connectivity index (χ1v) is 7.40. The summed E-state index contributed by atoms with van der Waals surface area (Å²) in [6, 6.07) is 3.94. The molecule has 6 heteroatoms. The Balaban J connectivity index is 1.92. The van der Waals surface area contributed by atoms with E-state index in [-0.39, 0.29) is 18.2 Å². The summed E-state index contributed by atoms with van der Waals surface area (Å²) in [6.07, 6.45) is 3.40. The first-order chi connectivity index (χ1) is 10.7. The number of nitrogens with zero attached hydrogens (tertiary/aromatic N) is 2. The lowest BCUT2D eigenvalue weighted by atomic mass is 10.1. The number of aliphatic hydroxyl groups is 1. The van der Waals surface area contributed by atoms with Gasteiger partial charge in [-0.05, 0) is 25.0 Å². The van der Waals surface area contributed by atoms with Crippen molar-refractivity contribution in [1.29, 1.82) is 0 Å². The molecule has 0 spiro atoms. The van der Waals surface area contributed by atoms with Crippen molar-refractivity contribution in [3.8, 4) is 0 Å². The van der Waals surface area contributed by atoms with Gasteiger partial charge in [0.25, 0.3) is 0 Å². The van der Waals surface area contributed by atoms with Crippen LogP contribution in [0, 0.1) is 11.6 Å². The molecule has 0 radical (unpaired) electrons. The predicted molar refractivity (Wildman–Crippen MR) is 79.9 cm³/mol. The lowest BCUT2D eigenvalue weighted by Crippen LogP contribution is -2.40. The molecule has 118 valence electrons. The summed E-state index contributed by atoms with van der Waals surface area (Å²) in [5.41, 5.74) is 0.943. The van der Waals surface area contributed by atoms with Crippen LogP contribution in [-0.4, -0.2) is 42.5 Å². The molecule has 1 fully saturated rings. The number of rotatable bonds is 4. The highest BCUT2D eigenvalue weighted by Gasteiger charge is 2.22. The third-order valence-corrected chi connectivity index (χ3v) is 3.90. The largest absolute Gasteiger partial charge is 0.394 e. The van der Waals surface area contributed by atoms with Gasteiger partial charge in [-0.25, -0.2) is 8.78 Å². The zero-order valence-corrected chi connectivity index (χ0v) is 12.1. The molecule has 1 N–H and O–H groups in total. The summed E-state index contributed by atoms with van der Waals surface area (Å²) < 4.78 is 33.0. The van der Waals surface area contributed by atoms with E-state index in [9.17, 15) is 8.78 Å². The van der Waals surface area contributed by atoms with Gasteiger partial charge in [-0.1, -0.05) is 0 Å². The highest BCUT2D eigenvalue weighted by molar-refractivity contribution is 5.92. The van der Waals surface area contributed by atoms with Crippen LogP contribution in [0.15, 0.2) is 24.4 Å². The van der Waals surface area contributed by atoms with E-state index in [1.807, 2.05) is 0 Å². The second-order valence-corrected chi connectivity index (χ2v) is 5.42. The smallest absolute Gasteiger partial charge is 0.152 e. The van der Waals surface area contributed by atoms with E-state index in [2.05, 4.69) is 9.88 Å². The lowest BCUT2D eigenvalue weighted by molar-refractivity contribution is 0.0215. The van der Waals surface area contributed by atoms with Crippen LogP contribution in [0.2, 0.25) is 0 Å². The fourth-order valence-electron chi connectivity index (χ4n) is 2.95.